The summed E-state index contributed by atoms with van der Waals surface area (Å²) in [6, 6.07) is 8.67. The predicted molar refractivity (Wildman–Crippen MR) is 77.1 cm³/mol. The molecule has 3 nitrogen and oxygen atoms in total. The number of hydrogen-bond donors (Lipinski definition) is 1. The van der Waals surface area contributed by atoms with Crippen molar-refractivity contribution in [1.82, 2.24) is 5.32 Å². The van der Waals surface area contributed by atoms with Crippen LogP contribution in [0, 0.1) is 11.8 Å². The van der Waals surface area contributed by atoms with Crippen molar-refractivity contribution in [2.45, 2.75) is 32.2 Å². The van der Waals surface area contributed by atoms with Crippen molar-refractivity contribution in [3.05, 3.63) is 29.8 Å². The number of anilines is 1. The minimum Gasteiger partial charge on any atom is -0.313 e. The number of benzene rings is 1. The molecule has 0 bridgehead atoms. The van der Waals surface area contributed by atoms with E-state index in [-0.39, 0.29) is 5.92 Å². The van der Waals surface area contributed by atoms with Crippen molar-refractivity contribution in [2.75, 3.05) is 18.5 Å². The zero-order valence-electron chi connectivity index (χ0n) is 11.7. The van der Waals surface area contributed by atoms with Crippen molar-refractivity contribution in [1.29, 1.82) is 0 Å². The van der Waals surface area contributed by atoms with E-state index in [2.05, 4.69) is 30.4 Å². The first kappa shape index (κ1) is 12.7. The number of amides is 1. The second kappa shape index (κ2) is 4.97. The van der Waals surface area contributed by atoms with E-state index in [1.54, 1.807) is 0 Å². The maximum absolute atomic E-state index is 12.6. The first-order valence-electron chi connectivity index (χ1n) is 7.30. The van der Waals surface area contributed by atoms with Crippen LogP contribution in [0.2, 0.25) is 0 Å². The fourth-order valence-corrected chi connectivity index (χ4v) is 3.13. The van der Waals surface area contributed by atoms with Crippen LogP contribution >= 0.6 is 0 Å². The van der Waals surface area contributed by atoms with Crippen LogP contribution < -0.4 is 10.2 Å². The molecule has 102 valence electrons. The Hall–Kier alpha value is -1.35. The van der Waals surface area contributed by atoms with Gasteiger partial charge in [-0.25, -0.2) is 0 Å². The lowest BCUT2D eigenvalue weighted by Gasteiger charge is -2.35. The maximum atomic E-state index is 12.6. The van der Waals surface area contributed by atoms with Crippen LogP contribution in [-0.2, 0) is 4.79 Å². The number of rotatable bonds is 3. The Balaban J connectivity index is 1.89. The summed E-state index contributed by atoms with van der Waals surface area (Å²) in [6.45, 7) is 2.92. The largest absolute Gasteiger partial charge is 0.313 e. The summed E-state index contributed by atoms with van der Waals surface area (Å²) in [6.07, 6.45) is 3.44. The van der Waals surface area contributed by atoms with Gasteiger partial charge >= 0.3 is 0 Å². The van der Waals surface area contributed by atoms with Crippen LogP contribution in [-0.4, -0.2) is 19.5 Å². The summed E-state index contributed by atoms with van der Waals surface area (Å²) in [5, 5.41) is 3.35. The highest BCUT2D eigenvalue weighted by Crippen LogP contribution is 2.40. The fraction of sp³-hybridized carbons (Fsp3) is 0.562. The lowest BCUT2D eigenvalue weighted by Crippen LogP contribution is -2.42. The van der Waals surface area contributed by atoms with Gasteiger partial charge in [-0.15, -0.1) is 0 Å². The zero-order valence-corrected chi connectivity index (χ0v) is 11.7. The summed E-state index contributed by atoms with van der Waals surface area (Å²) in [5.74, 6) is 1.12. The van der Waals surface area contributed by atoms with Gasteiger partial charge in [0.25, 0.3) is 0 Å². The van der Waals surface area contributed by atoms with Crippen molar-refractivity contribution in [2.24, 2.45) is 11.8 Å². The first-order chi connectivity index (χ1) is 9.22. The van der Waals surface area contributed by atoms with E-state index in [4.69, 9.17) is 0 Å². The molecule has 0 radical (unpaired) electrons. The monoisotopic (exact) mass is 258 g/mol. The van der Waals surface area contributed by atoms with E-state index in [0.717, 1.165) is 18.7 Å². The molecule has 2 unspecified atom stereocenters. The first-order valence-corrected chi connectivity index (χ1v) is 7.30. The summed E-state index contributed by atoms with van der Waals surface area (Å²) in [4.78, 5) is 14.6. The summed E-state index contributed by atoms with van der Waals surface area (Å²) in [5.41, 5.74) is 2.36. The zero-order chi connectivity index (χ0) is 13.4. The van der Waals surface area contributed by atoms with Crippen LogP contribution in [0.4, 0.5) is 5.69 Å². The second-order valence-corrected chi connectivity index (χ2v) is 5.80. The minimum absolute atomic E-state index is 0.180. The standard InChI is InChI=1S/C16H22N2O/c1-11(12-7-8-12)16(19)18-10-9-14(17-2)13-5-3-4-6-15(13)18/h3-6,11-12,14,17H,7-10H2,1-2H3. The van der Waals surface area contributed by atoms with E-state index < -0.39 is 0 Å². The Labute approximate surface area is 115 Å². The number of carbonyl (C=O) groups is 1. The third-order valence-corrected chi connectivity index (χ3v) is 4.58. The molecule has 19 heavy (non-hydrogen) atoms. The Kier molecular flexibility index (Phi) is 3.31. The molecule has 3 heteroatoms. The minimum atomic E-state index is 0.180. The maximum Gasteiger partial charge on any atom is 0.230 e. The number of fused-ring (bicyclic) bond motifs is 1. The summed E-state index contributed by atoms with van der Waals surface area (Å²) >= 11 is 0. The van der Waals surface area contributed by atoms with Crippen LogP contribution in [0.5, 0.6) is 0 Å². The summed E-state index contributed by atoms with van der Waals surface area (Å²) < 4.78 is 0. The topological polar surface area (TPSA) is 32.3 Å². The fourth-order valence-electron chi connectivity index (χ4n) is 3.13. The number of hydrogen-bond acceptors (Lipinski definition) is 2. The number of nitrogens with zero attached hydrogens (tertiary/aromatic N) is 1. The number of nitrogens with one attached hydrogen (secondary N) is 1. The number of carbonyl (C=O) groups excluding carboxylic acids is 1. The highest BCUT2D eigenvalue weighted by molar-refractivity contribution is 5.96. The molecule has 1 saturated carbocycles. The van der Waals surface area contributed by atoms with Gasteiger partial charge in [0.2, 0.25) is 5.91 Å². The van der Waals surface area contributed by atoms with E-state index in [9.17, 15) is 4.79 Å². The van der Waals surface area contributed by atoms with Gasteiger partial charge in [0.15, 0.2) is 0 Å². The SMILES string of the molecule is CNC1CCN(C(=O)C(C)C2CC2)c2ccccc21. The van der Waals surface area contributed by atoms with E-state index in [1.807, 2.05) is 18.0 Å². The highest BCUT2D eigenvalue weighted by atomic mass is 16.2. The van der Waals surface area contributed by atoms with Crippen molar-refractivity contribution < 1.29 is 4.79 Å². The van der Waals surface area contributed by atoms with Gasteiger partial charge in [0.05, 0.1) is 0 Å². The molecule has 1 fully saturated rings. The lowest BCUT2D eigenvalue weighted by molar-refractivity contribution is -0.122. The van der Waals surface area contributed by atoms with Gasteiger partial charge in [0, 0.05) is 24.2 Å². The predicted octanol–water partition coefficient (Wildman–Crippen LogP) is 2.73. The van der Waals surface area contributed by atoms with Crippen molar-refractivity contribution in [3.8, 4) is 0 Å². The van der Waals surface area contributed by atoms with Crippen LogP contribution in [0.1, 0.15) is 37.8 Å². The smallest absolute Gasteiger partial charge is 0.230 e. The van der Waals surface area contributed by atoms with Gasteiger partial charge in [0.1, 0.15) is 0 Å². The molecule has 2 aliphatic rings. The van der Waals surface area contributed by atoms with Crippen molar-refractivity contribution in [3.63, 3.8) is 0 Å². The molecule has 1 aromatic carbocycles. The highest BCUT2D eigenvalue weighted by Gasteiger charge is 2.37. The van der Waals surface area contributed by atoms with Crippen LogP contribution in [0.3, 0.4) is 0 Å². The Morgan fingerprint density at radius 2 is 2.05 bits per heavy atom. The third kappa shape index (κ3) is 2.27. The van der Waals surface area contributed by atoms with Gasteiger partial charge in [-0.05, 0) is 43.9 Å². The van der Waals surface area contributed by atoms with Crippen LogP contribution in [0.25, 0.3) is 0 Å². The van der Waals surface area contributed by atoms with E-state index >= 15 is 0 Å². The normalized spacial score (nSPS) is 23.9. The van der Waals surface area contributed by atoms with Gasteiger partial charge in [-0.2, -0.15) is 0 Å². The molecule has 1 aromatic rings. The molecular formula is C16H22N2O. The Morgan fingerprint density at radius 1 is 1.32 bits per heavy atom. The lowest BCUT2D eigenvalue weighted by atomic mass is 9.94. The Morgan fingerprint density at radius 3 is 2.74 bits per heavy atom. The molecule has 1 heterocycles. The van der Waals surface area contributed by atoms with Gasteiger partial charge < -0.3 is 10.2 Å². The molecule has 1 amide bonds. The average Bonchev–Trinajstić information content (AvgIpc) is 3.29. The Bertz CT molecular complexity index is 481. The average molecular weight is 258 g/mol. The van der Waals surface area contributed by atoms with Gasteiger partial charge in [-0.1, -0.05) is 25.1 Å². The second-order valence-electron chi connectivity index (χ2n) is 5.80. The molecule has 0 aromatic heterocycles. The molecule has 0 spiro atoms. The quantitative estimate of drug-likeness (QED) is 0.904. The summed E-state index contributed by atoms with van der Waals surface area (Å²) in [7, 11) is 1.99. The van der Waals surface area contributed by atoms with Gasteiger partial charge in [-0.3, -0.25) is 4.79 Å². The molecule has 0 saturated heterocycles. The third-order valence-electron chi connectivity index (χ3n) is 4.58. The molecule has 1 aliphatic carbocycles. The van der Waals surface area contributed by atoms with E-state index in [0.29, 0.717) is 17.9 Å². The molecule has 2 atom stereocenters. The van der Waals surface area contributed by atoms with Crippen molar-refractivity contribution >= 4 is 11.6 Å². The molecule has 3 rings (SSSR count). The van der Waals surface area contributed by atoms with Crippen LogP contribution in [0.15, 0.2) is 24.3 Å². The molecule has 1 aliphatic heterocycles. The number of para-hydroxylation sites is 1. The van der Waals surface area contributed by atoms with E-state index in [1.165, 1.54) is 18.4 Å². The molecule has 1 N–H and O–H groups in total. The molecular weight excluding hydrogens is 236 g/mol.